The van der Waals surface area contributed by atoms with Gasteiger partial charge in [-0.2, -0.15) is 8.75 Å². The molecule has 0 saturated heterocycles. The van der Waals surface area contributed by atoms with Crippen LogP contribution >= 0.6 is 11.7 Å². The second-order valence-electron chi connectivity index (χ2n) is 6.22. The number of aromatic nitrogens is 2. The molecule has 8 heteroatoms. The number of nitrogens with zero attached hydrogens (tertiary/aromatic N) is 3. The van der Waals surface area contributed by atoms with Gasteiger partial charge in [0, 0.05) is 20.5 Å². The zero-order valence-electron chi connectivity index (χ0n) is 16.3. The number of benzene rings is 2. The largest absolute Gasteiger partial charge is 0.445 e. The van der Waals surface area contributed by atoms with Crippen molar-refractivity contribution >= 4 is 29.3 Å². The highest BCUT2D eigenvalue weighted by Gasteiger charge is 2.29. The fourth-order valence-corrected chi connectivity index (χ4v) is 3.42. The fourth-order valence-electron chi connectivity index (χ4n) is 2.86. The molecule has 0 saturated carbocycles. The van der Waals surface area contributed by atoms with Gasteiger partial charge in [-0.1, -0.05) is 67.2 Å². The van der Waals surface area contributed by atoms with E-state index in [1.807, 2.05) is 60.7 Å². The molecule has 1 N–H and O–H groups in total. The molecule has 0 aliphatic heterocycles. The first-order valence-electron chi connectivity index (χ1n) is 9.15. The lowest BCUT2D eigenvalue weighted by Gasteiger charge is -2.18. The maximum absolute atomic E-state index is 13.0. The minimum atomic E-state index is -0.899. The van der Waals surface area contributed by atoms with Crippen LogP contribution in [0.1, 0.15) is 17.5 Å². The first-order chi connectivity index (χ1) is 14.6. The zero-order chi connectivity index (χ0) is 21.3. The summed E-state index contributed by atoms with van der Waals surface area (Å²) in [6, 6.07) is 17.8. The van der Waals surface area contributed by atoms with E-state index in [9.17, 15) is 9.59 Å². The van der Waals surface area contributed by atoms with Crippen LogP contribution in [0.5, 0.6) is 0 Å². The number of Topliss-reactive ketones (excluding diaryl/α,β-unsaturated/α-hetero) is 1. The molecule has 0 radical (unpaired) electrons. The highest BCUT2D eigenvalue weighted by atomic mass is 32.1. The van der Waals surface area contributed by atoms with Crippen LogP contribution in [0.4, 0.5) is 0 Å². The Hall–Kier alpha value is -3.65. The Bertz CT molecular complexity index is 1050. The lowest BCUT2D eigenvalue weighted by Crippen LogP contribution is -2.46. The number of rotatable bonds is 8. The monoisotopic (exact) mass is 422 g/mol. The average Bonchev–Trinajstić information content (AvgIpc) is 3.28. The summed E-state index contributed by atoms with van der Waals surface area (Å²) in [6.45, 7) is 3.46. The minimum absolute atomic E-state index is 0. The Labute approximate surface area is 180 Å². The maximum atomic E-state index is 13.0. The SMILES string of the molecule is C=COC(=NC)C(=O)C(Cc1ccccc1)NC(=O)c1nsnc1-c1ccccc1.[HH]. The number of ketones is 1. The smallest absolute Gasteiger partial charge is 0.273 e. The number of hydrogen-bond donors (Lipinski definition) is 1. The number of hydrogen-bond acceptors (Lipinski definition) is 7. The van der Waals surface area contributed by atoms with Crippen LogP contribution in [0.15, 0.2) is 78.5 Å². The number of carbonyl (C=O) groups excluding carboxylic acids is 2. The van der Waals surface area contributed by atoms with Crippen LogP contribution in [0.2, 0.25) is 0 Å². The molecule has 0 bridgehead atoms. The summed E-state index contributed by atoms with van der Waals surface area (Å²) < 4.78 is 13.5. The van der Waals surface area contributed by atoms with Crippen molar-refractivity contribution in [3.63, 3.8) is 0 Å². The summed E-state index contributed by atoms with van der Waals surface area (Å²) in [4.78, 5) is 29.9. The van der Waals surface area contributed by atoms with E-state index in [4.69, 9.17) is 4.74 Å². The molecule has 3 aromatic rings. The minimum Gasteiger partial charge on any atom is -0.445 e. The van der Waals surface area contributed by atoms with E-state index in [2.05, 4.69) is 25.6 Å². The van der Waals surface area contributed by atoms with Gasteiger partial charge in [0.25, 0.3) is 11.8 Å². The molecule has 154 valence electrons. The molecule has 0 aliphatic carbocycles. The van der Waals surface area contributed by atoms with E-state index >= 15 is 0 Å². The lowest BCUT2D eigenvalue weighted by molar-refractivity contribution is -0.115. The Morgan fingerprint density at radius 3 is 2.47 bits per heavy atom. The molecule has 1 aromatic heterocycles. The number of ether oxygens (including phenoxy) is 1. The summed E-state index contributed by atoms with van der Waals surface area (Å²) in [5.74, 6) is -1.09. The van der Waals surface area contributed by atoms with Crippen LogP contribution in [0.25, 0.3) is 11.3 Å². The summed E-state index contributed by atoms with van der Waals surface area (Å²) in [5, 5.41) is 2.77. The molecule has 7 nitrogen and oxygen atoms in total. The second-order valence-corrected chi connectivity index (χ2v) is 6.75. The van der Waals surface area contributed by atoms with Gasteiger partial charge in [-0.3, -0.25) is 14.6 Å². The van der Waals surface area contributed by atoms with Crippen LogP contribution in [-0.4, -0.2) is 39.4 Å². The standard InChI is InChI=1S/C22H20N4O3S.H2/c1-3-29-22(23-2)20(27)17(14-15-10-6-4-7-11-15)24-21(28)19-18(25-30-26-19)16-12-8-5-9-13-16;/h3-13,17H,1,14H2,2H3,(H,24,28);1H. The Morgan fingerprint density at radius 2 is 1.83 bits per heavy atom. The molecular weight excluding hydrogens is 400 g/mol. The zero-order valence-corrected chi connectivity index (χ0v) is 17.1. The van der Waals surface area contributed by atoms with Crippen molar-refractivity contribution in [2.75, 3.05) is 7.05 Å². The third-order valence-electron chi connectivity index (χ3n) is 4.26. The summed E-state index contributed by atoms with van der Waals surface area (Å²) in [7, 11) is 1.44. The van der Waals surface area contributed by atoms with Gasteiger partial charge in [0.2, 0.25) is 5.78 Å². The molecule has 0 spiro atoms. The average molecular weight is 423 g/mol. The number of amides is 1. The van der Waals surface area contributed by atoms with E-state index < -0.39 is 17.7 Å². The third kappa shape index (κ3) is 5.03. The van der Waals surface area contributed by atoms with Crippen LogP contribution in [-0.2, 0) is 16.0 Å². The van der Waals surface area contributed by atoms with Gasteiger partial charge in [0.1, 0.15) is 11.7 Å². The summed E-state index contributed by atoms with van der Waals surface area (Å²) >= 11 is 0.940. The van der Waals surface area contributed by atoms with E-state index in [1.165, 1.54) is 7.05 Å². The molecule has 2 aromatic carbocycles. The van der Waals surface area contributed by atoms with Gasteiger partial charge < -0.3 is 10.1 Å². The molecule has 30 heavy (non-hydrogen) atoms. The Balaban J connectivity index is 0.00000341. The van der Waals surface area contributed by atoms with E-state index in [-0.39, 0.29) is 19.4 Å². The Morgan fingerprint density at radius 1 is 1.17 bits per heavy atom. The first kappa shape index (κ1) is 21.1. The van der Waals surface area contributed by atoms with Crippen molar-refractivity contribution < 1.29 is 15.8 Å². The van der Waals surface area contributed by atoms with Crippen molar-refractivity contribution in [1.82, 2.24) is 14.1 Å². The predicted molar refractivity (Wildman–Crippen MR) is 119 cm³/mol. The molecule has 0 aliphatic rings. The number of aliphatic imine (C=N–C) groups is 1. The van der Waals surface area contributed by atoms with E-state index in [0.29, 0.717) is 5.69 Å². The predicted octanol–water partition coefficient (Wildman–Crippen LogP) is 3.55. The normalized spacial score (nSPS) is 12.1. The van der Waals surface area contributed by atoms with Gasteiger partial charge in [0.05, 0.1) is 18.0 Å². The molecule has 0 fully saturated rings. The third-order valence-corrected chi connectivity index (χ3v) is 4.79. The molecule has 1 atom stereocenters. The van der Waals surface area contributed by atoms with E-state index in [0.717, 1.165) is 29.1 Å². The van der Waals surface area contributed by atoms with Crippen molar-refractivity contribution in [3.8, 4) is 11.3 Å². The number of nitrogens with one attached hydrogen (secondary N) is 1. The van der Waals surface area contributed by atoms with Crippen molar-refractivity contribution in [3.05, 3.63) is 84.8 Å². The quantitative estimate of drug-likeness (QED) is 0.340. The lowest BCUT2D eigenvalue weighted by atomic mass is 10.0. The molecule has 3 rings (SSSR count). The van der Waals surface area contributed by atoms with E-state index in [1.54, 1.807) is 0 Å². The first-order valence-corrected chi connectivity index (χ1v) is 9.88. The molecular formula is C22H22N4O3S. The van der Waals surface area contributed by atoms with Crippen molar-refractivity contribution in [2.45, 2.75) is 12.5 Å². The van der Waals surface area contributed by atoms with Gasteiger partial charge in [-0.05, 0) is 5.56 Å². The molecule has 1 heterocycles. The van der Waals surface area contributed by atoms with Gasteiger partial charge in [-0.15, -0.1) is 0 Å². The van der Waals surface area contributed by atoms with Crippen LogP contribution in [0, 0.1) is 0 Å². The molecule has 1 unspecified atom stereocenters. The topological polar surface area (TPSA) is 93.5 Å². The van der Waals surface area contributed by atoms with Crippen molar-refractivity contribution in [2.24, 2.45) is 4.99 Å². The number of carbonyl (C=O) groups is 2. The van der Waals surface area contributed by atoms with Crippen molar-refractivity contribution in [1.29, 1.82) is 0 Å². The summed E-state index contributed by atoms with van der Waals surface area (Å²) in [5.41, 5.74) is 2.28. The highest BCUT2D eigenvalue weighted by Crippen LogP contribution is 2.21. The Kier molecular flexibility index (Phi) is 7.18. The van der Waals surface area contributed by atoms with Crippen LogP contribution in [0.3, 0.4) is 0 Å². The second kappa shape index (κ2) is 10.2. The highest BCUT2D eigenvalue weighted by molar-refractivity contribution is 6.99. The van der Waals surface area contributed by atoms with Gasteiger partial charge in [0.15, 0.2) is 5.69 Å². The van der Waals surface area contributed by atoms with Gasteiger partial charge >= 0.3 is 0 Å². The van der Waals surface area contributed by atoms with Crippen LogP contribution < -0.4 is 5.32 Å². The van der Waals surface area contributed by atoms with Gasteiger partial charge in [-0.25, -0.2) is 0 Å². The fraction of sp³-hybridized carbons (Fsp3) is 0.136. The maximum Gasteiger partial charge on any atom is 0.273 e. The molecule has 1 amide bonds. The summed E-state index contributed by atoms with van der Waals surface area (Å²) in [6.07, 6.45) is 1.39.